The minimum atomic E-state index is -0.212. The van der Waals surface area contributed by atoms with E-state index in [-0.39, 0.29) is 17.3 Å². The van der Waals surface area contributed by atoms with Gasteiger partial charge in [0.05, 0.1) is 0 Å². The lowest BCUT2D eigenvalue weighted by molar-refractivity contribution is 0.0979. The lowest BCUT2D eigenvalue weighted by Gasteiger charge is -2.11. The smallest absolute Gasteiger partial charge is 0.213 e. The first kappa shape index (κ1) is 14.1. The Labute approximate surface area is 140 Å². The lowest BCUT2D eigenvalue weighted by atomic mass is 9.91. The van der Waals surface area contributed by atoms with Crippen molar-refractivity contribution in [2.75, 3.05) is 5.32 Å². The fraction of sp³-hybridized carbons (Fsp3) is 0. The Morgan fingerprint density at radius 3 is 2.26 bits per heavy atom. The first-order chi connectivity index (χ1) is 11.1. The van der Waals surface area contributed by atoms with Gasteiger partial charge in [0.15, 0.2) is 5.13 Å². The number of aromatic nitrogens is 1. The van der Waals surface area contributed by atoms with Gasteiger partial charge in [0.1, 0.15) is 10.6 Å². The zero-order chi connectivity index (χ0) is 16.0. The van der Waals surface area contributed by atoms with Crippen molar-refractivity contribution >= 4 is 45.3 Å². The second-order valence-electron chi connectivity index (χ2n) is 5.03. The standard InChI is InChI=1S/C17H9ClN2O2S/c18-9-5-7-10(8-6-9)19-17-20-13-14(21)11-3-1-2-4-12(11)15(22)16(13)23-17/h1-8H,(H,19,20). The summed E-state index contributed by atoms with van der Waals surface area (Å²) < 4.78 is 0. The molecule has 0 aliphatic heterocycles. The van der Waals surface area contributed by atoms with Crippen molar-refractivity contribution < 1.29 is 9.59 Å². The highest BCUT2D eigenvalue weighted by atomic mass is 35.5. The van der Waals surface area contributed by atoms with E-state index in [0.29, 0.717) is 26.2 Å². The molecule has 23 heavy (non-hydrogen) atoms. The maximum Gasteiger partial charge on any atom is 0.213 e. The van der Waals surface area contributed by atoms with Gasteiger partial charge < -0.3 is 5.32 Å². The number of carbonyl (C=O) groups excluding carboxylic acids is 2. The highest BCUT2D eigenvalue weighted by molar-refractivity contribution is 7.18. The molecule has 6 heteroatoms. The number of ketones is 2. The van der Waals surface area contributed by atoms with E-state index in [9.17, 15) is 9.59 Å². The summed E-state index contributed by atoms with van der Waals surface area (Å²) in [6.07, 6.45) is 0. The summed E-state index contributed by atoms with van der Waals surface area (Å²) in [5.41, 5.74) is 1.85. The van der Waals surface area contributed by atoms with Crippen LogP contribution in [0, 0.1) is 0 Å². The quantitative estimate of drug-likeness (QED) is 0.590. The van der Waals surface area contributed by atoms with Gasteiger partial charge in [-0.2, -0.15) is 0 Å². The molecule has 4 nitrogen and oxygen atoms in total. The molecule has 1 aliphatic rings. The van der Waals surface area contributed by atoms with Crippen molar-refractivity contribution in [1.82, 2.24) is 4.98 Å². The molecular formula is C17H9ClN2O2S. The third-order valence-corrected chi connectivity index (χ3v) is 4.78. The maximum absolute atomic E-state index is 12.5. The normalized spacial score (nSPS) is 12.7. The van der Waals surface area contributed by atoms with Gasteiger partial charge in [-0.1, -0.05) is 47.2 Å². The molecule has 0 spiro atoms. The van der Waals surface area contributed by atoms with E-state index < -0.39 is 0 Å². The first-order valence-electron chi connectivity index (χ1n) is 6.85. The van der Waals surface area contributed by atoms with Crippen LogP contribution in [-0.2, 0) is 0 Å². The van der Waals surface area contributed by atoms with E-state index in [2.05, 4.69) is 10.3 Å². The number of benzene rings is 2. The van der Waals surface area contributed by atoms with Crippen molar-refractivity contribution in [1.29, 1.82) is 0 Å². The lowest BCUT2D eigenvalue weighted by Crippen LogP contribution is -2.19. The zero-order valence-corrected chi connectivity index (χ0v) is 13.2. The fourth-order valence-corrected chi connectivity index (χ4v) is 3.53. The summed E-state index contributed by atoms with van der Waals surface area (Å²) in [5.74, 6) is -0.368. The number of nitrogens with zero attached hydrogens (tertiary/aromatic N) is 1. The molecule has 3 aromatic rings. The van der Waals surface area contributed by atoms with Crippen molar-refractivity contribution in [2.45, 2.75) is 0 Å². The minimum Gasteiger partial charge on any atom is -0.332 e. The summed E-state index contributed by atoms with van der Waals surface area (Å²) in [5, 5.41) is 4.24. The van der Waals surface area contributed by atoms with Gasteiger partial charge in [-0.05, 0) is 24.3 Å². The number of hydrogen-bond donors (Lipinski definition) is 1. The third-order valence-electron chi connectivity index (χ3n) is 3.56. The summed E-state index contributed by atoms with van der Waals surface area (Å²) in [6.45, 7) is 0. The van der Waals surface area contributed by atoms with Crippen LogP contribution >= 0.6 is 22.9 Å². The van der Waals surface area contributed by atoms with Crippen LogP contribution in [0.3, 0.4) is 0 Å². The number of hydrogen-bond acceptors (Lipinski definition) is 5. The van der Waals surface area contributed by atoms with Crippen LogP contribution in [0.15, 0.2) is 48.5 Å². The van der Waals surface area contributed by atoms with Crippen LogP contribution < -0.4 is 5.32 Å². The highest BCUT2D eigenvalue weighted by Crippen LogP contribution is 2.34. The Morgan fingerprint density at radius 2 is 1.57 bits per heavy atom. The Morgan fingerprint density at radius 1 is 0.913 bits per heavy atom. The molecule has 112 valence electrons. The molecular weight excluding hydrogens is 332 g/mol. The number of fused-ring (bicyclic) bond motifs is 2. The van der Waals surface area contributed by atoms with Gasteiger partial charge in [-0.15, -0.1) is 0 Å². The average Bonchev–Trinajstić information content (AvgIpc) is 2.99. The maximum atomic E-state index is 12.5. The molecule has 0 radical (unpaired) electrons. The van der Waals surface area contributed by atoms with E-state index in [1.54, 1.807) is 48.5 Å². The van der Waals surface area contributed by atoms with Crippen LogP contribution in [0.5, 0.6) is 0 Å². The van der Waals surface area contributed by atoms with Crippen molar-refractivity contribution in [3.8, 4) is 0 Å². The monoisotopic (exact) mass is 340 g/mol. The van der Waals surface area contributed by atoms with Gasteiger partial charge in [0.25, 0.3) is 0 Å². The summed E-state index contributed by atoms with van der Waals surface area (Å²) in [4.78, 5) is 29.7. The van der Waals surface area contributed by atoms with E-state index in [1.807, 2.05) is 0 Å². The summed E-state index contributed by atoms with van der Waals surface area (Å²) >= 11 is 7.04. The molecule has 0 fully saturated rings. The summed E-state index contributed by atoms with van der Waals surface area (Å²) in [6, 6.07) is 13.9. The zero-order valence-electron chi connectivity index (χ0n) is 11.7. The third kappa shape index (κ3) is 2.34. The highest BCUT2D eigenvalue weighted by Gasteiger charge is 2.33. The minimum absolute atomic E-state index is 0.156. The van der Waals surface area contributed by atoms with Gasteiger partial charge in [-0.25, -0.2) is 4.98 Å². The molecule has 1 heterocycles. The van der Waals surface area contributed by atoms with E-state index in [4.69, 9.17) is 11.6 Å². The second-order valence-corrected chi connectivity index (χ2v) is 6.47. The largest absolute Gasteiger partial charge is 0.332 e. The molecule has 1 aliphatic carbocycles. The number of rotatable bonds is 2. The number of nitrogens with one attached hydrogen (secondary N) is 1. The van der Waals surface area contributed by atoms with Crippen LogP contribution in [0.2, 0.25) is 5.02 Å². The molecule has 2 aromatic carbocycles. The number of thiazole rings is 1. The number of carbonyl (C=O) groups is 2. The van der Waals surface area contributed by atoms with Crippen molar-refractivity contribution in [3.05, 3.63) is 75.3 Å². The molecule has 1 N–H and O–H groups in total. The molecule has 4 rings (SSSR count). The number of halogens is 1. The van der Waals surface area contributed by atoms with Crippen molar-refractivity contribution in [2.24, 2.45) is 0 Å². The van der Waals surface area contributed by atoms with E-state index >= 15 is 0 Å². The SMILES string of the molecule is O=C1c2ccccc2C(=O)c2sc(Nc3ccc(Cl)cc3)nc21. The molecule has 0 atom stereocenters. The Kier molecular flexibility index (Phi) is 3.25. The van der Waals surface area contributed by atoms with Crippen LogP contribution in [0.4, 0.5) is 10.8 Å². The van der Waals surface area contributed by atoms with E-state index in [1.165, 1.54) is 11.3 Å². The van der Waals surface area contributed by atoms with E-state index in [0.717, 1.165) is 5.69 Å². The van der Waals surface area contributed by atoms with Gasteiger partial charge >= 0.3 is 0 Å². The first-order valence-corrected chi connectivity index (χ1v) is 8.05. The van der Waals surface area contributed by atoms with Gasteiger partial charge in [0, 0.05) is 21.8 Å². The molecule has 0 saturated carbocycles. The topological polar surface area (TPSA) is 59.1 Å². The van der Waals surface area contributed by atoms with Crippen molar-refractivity contribution in [3.63, 3.8) is 0 Å². The van der Waals surface area contributed by atoms with Crippen LogP contribution in [-0.4, -0.2) is 16.6 Å². The fourth-order valence-electron chi connectivity index (χ4n) is 2.47. The second kappa shape index (κ2) is 5.30. The Bertz CT molecular complexity index is 895. The Hall–Kier alpha value is -2.50. The average molecular weight is 341 g/mol. The molecule has 0 bridgehead atoms. The van der Waals surface area contributed by atoms with Crippen LogP contribution in [0.25, 0.3) is 0 Å². The molecule has 1 aromatic heterocycles. The van der Waals surface area contributed by atoms with Gasteiger partial charge in [0.2, 0.25) is 11.6 Å². The number of anilines is 2. The van der Waals surface area contributed by atoms with Gasteiger partial charge in [-0.3, -0.25) is 9.59 Å². The Balaban J connectivity index is 1.73. The predicted molar refractivity (Wildman–Crippen MR) is 90.2 cm³/mol. The molecule has 0 saturated heterocycles. The predicted octanol–water partition coefficient (Wildman–Crippen LogP) is 4.32. The summed E-state index contributed by atoms with van der Waals surface area (Å²) in [7, 11) is 0. The van der Waals surface area contributed by atoms with Crippen LogP contribution in [0.1, 0.15) is 31.3 Å². The molecule has 0 amide bonds. The molecule has 0 unspecified atom stereocenters.